The van der Waals surface area contributed by atoms with Gasteiger partial charge in [-0.25, -0.2) is 0 Å². The fourth-order valence-electron chi connectivity index (χ4n) is 1.76. The predicted octanol–water partition coefficient (Wildman–Crippen LogP) is 0.757. The maximum atomic E-state index is 11.7. The molecular weight excluding hydrogens is 289 g/mol. The van der Waals surface area contributed by atoms with Crippen LogP contribution in [-0.2, 0) is 14.3 Å². The average Bonchev–Trinajstić information content (AvgIpc) is 2.28. The lowest BCUT2D eigenvalue weighted by Gasteiger charge is -2.23. The van der Waals surface area contributed by atoms with Crippen LogP contribution in [0.2, 0.25) is 0 Å². The first-order chi connectivity index (χ1) is 8.29. The van der Waals surface area contributed by atoms with Crippen LogP contribution in [0.15, 0.2) is 0 Å². The summed E-state index contributed by atoms with van der Waals surface area (Å²) in [5.41, 5.74) is 5.46. The van der Waals surface area contributed by atoms with Crippen LogP contribution in [0.4, 0.5) is 13.2 Å². The van der Waals surface area contributed by atoms with E-state index in [1.54, 1.807) is 0 Å². The van der Waals surface area contributed by atoms with Crippen LogP contribution in [0.3, 0.4) is 0 Å². The third-order valence-electron chi connectivity index (χ3n) is 2.73. The number of hydrogen-bond acceptors (Lipinski definition) is 4. The number of carbonyl (C=O) groups is 2. The molecule has 0 saturated carbocycles. The van der Waals surface area contributed by atoms with E-state index in [2.05, 4.69) is 10.1 Å². The molecule has 0 aromatic rings. The number of ether oxygens (including phenoxy) is 1. The van der Waals surface area contributed by atoms with Crippen LogP contribution in [0.5, 0.6) is 0 Å². The van der Waals surface area contributed by atoms with Gasteiger partial charge in [0.1, 0.15) is 6.61 Å². The van der Waals surface area contributed by atoms with Crippen molar-refractivity contribution < 1.29 is 27.5 Å². The molecule has 0 spiro atoms. The number of nitrogens with one attached hydrogen (secondary N) is 1. The Morgan fingerprint density at radius 1 is 1.53 bits per heavy atom. The van der Waals surface area contributed by atoms with E-state index in [9.17, 15) is 22.8 Å². The fraction of sp³-hybridized carbons (Fsp3) is 0.800. The second-order valence-electron chi connectivity index (χ2n) is 4.17. The Balaban J connectivity index is 0.00000324. The van der Waals surface area contributed by atoms with Crippen LogP contribution >= 0.6 is 12.4 Å². The number of alkyl halides is 3. The highest BCUT2D eigenvalue weighted by atomic mass is 35.5. The zero-order valence-corrected chi connectivity index (χ0v) is 10.9. The first-order valence-electron chi connectivity index (χ1n) is 5.56. The standard InChI is InChI=1S/C10H15F3N2O3.ClH/c11-10(12,13)18-5-8(16)7(14)4-6-2-1-3-15-9(6)17;/h6-7H,1-5,14H2,(H,15,17);1H/t6-,7?;/m0./s1. The van der Waals surface area contributed by atoms with Gasteiger partial charge < -0.3 is 11.1 Å². The van der Waals surface area contributed by atoms with E-state index in [0.29, 0.717) is 13.0 Å². The lowest BCUT2D eigenvalue weighted by atomic mass is 9.90. The van der Waals surface area contributed by atoms with Gasteiger partial charge in [0.2, 0.25) is 5.91 Å². The molecule has 1 aliphatic heterocycles. The van der Waals surface area contributed by atoms with Crippen LogP contribution in [-0.4, -0.2) is 37.2 Å². The monoisotopic (exact) mass is 304 g/mol. The molecule has 0 aliphatic carbocycles. The number of amides is 1. The Bertz CT molecular complexity index is 326. The molecule has 112 valence electrons. The molecule has 1 saturated heterocycles. The average molecular weight is 305 g/mol. The fourth-order valence-corrected chi connectivity index (χ4v) is 1.76. The van der Waals surface area contributed by atoms with E-state index in [-0.39, 0.29) is 24.7 Å². The van der Waals surface area contributed by atoms with Crippen molar-refractivity contribution in [1.82, 2.24) is 5.32 Å². The van der Waals surface area contributed by atoms with Gasteiger partial charge in [0.05, 0.1) is 6.04 Å². The number of halogens is 4. The molecule has 1 amide bonds. The van der Waals surface area contributed by atoms with Gasteiger partial charge in [-0.05, 0) is 19.3 Å². The summed E-state index contributed by atoms with van der Waals surface area (Å²) >= 11 is 0. The van der Waals surface area contributed by atoms with Gasteiger partial charge in [-0.3, -0.25) is 14.3 Å². The van der Waals surface area contributed by atoms with E-state index in [0.717, 1.165) is 6.42 Å². The quantitative estimate of drug-likeness (QED) is 0.785. The van der Waals surface area contributed by atoms with Crippen LogP contribution in [0, 0.1) is 5.92 Å². The van der Waals surface area contributed by atoms with E-state index in [1.165, 1.54) is 0 Å². The third kappa shape index (κ3) is 6.74. The summed E-state index contributed by atoms with van der Waals surface area (Å²) in [5.74, 6) is -1.48. The maximum absolute atomic E-state index is 11.7. The van der Waals surface area contributed by atoms with E-state index in [4.69, 9.17) is 5.73 Å². The lowest BCUT2D eigenvalue weighted by molar-refractivity contribution is -0.320. The Morgan fingerprint density at radius 3 is 2.68 bits per heavy atom. The minimum Gasteiger partial charge on any atom is -0.356 e. The molecule has 3 N–H and O–H groups in total. The molecule has 19 heavy (non-hydrogen) atoms. The molecule has 0 radical (unpaired) electrons. The second kappa shape index (κ2) is 7.66. The number of hydrogen-bond donors (Lipinski definition) is 2. The minimum absolute atomic E-state index is 0. The number of carbonyl (C=O) groups excluding carboxylic acids is 2. The molecule has 1 unspecified atom stereocenters. The van der Waals surface area contributed by atoms with Crippen molar-refractivity contribution in [3.63, 3.8) is 0 Å². The molecule has 0 bridgehead atoms. The van der Waals surface area contributed by atoms with Gasteiger partial charge in [0, 0.05) is 12.5 Å². The highest BCUT2D eigenvalue weighted by Gasteiger charge is 2.32. The Labute approximate surface area is 114 Å². The van der Waals surface area contributed by atoms with Crippen molar-refractivity contribution in [2.75, 3.05) is 13.2 Å². The van der Waals surface area contributed by atoms with Crippen molar-refractivity contribution in [1.29, 1.82) is 0 Å². The summed E-state index contributed by atoms with van der Waals surface area (Å²) in [6, 6.07) is -1.11. The largest absolute Gasteiger partial charge is 0.522 e. The number of nitrogens with two attached hydrogens (primary N) is 1. The van der Waals surface area contributed by atoms with Crippen molar-refractivity contribution in [2.45, 2.75) is 31.7 Å². The molecule has 1 rings (SSSR count). The Kier molecular flexibility index (Phi) is 7.32. The van der Waals surface area contributed by atoms with Gasteiger partial charge >= 0.3 is 6.36 Å². The van der Waals surface area contributed by atoms with Crippen molar-refractivity contribution in [3.05, 3.63) is 0 Å². The summed E-state index contributed by atoms with van der Waals surface area (Å²) in [4.78, 5) is 22.7. The smallest absolute Gasteiger partial charge is 0.356 e. The molecular formula is C10H16ClF3N2O3. The van der Waals surface area contributed by atoms with E-state index < -0.39 is 30.7 Å². The van der Waals surface area contributed by atoms with Gasteiger partial charge in [-0.15, -0.1) is 25.6 Å². The summed E-state index contributed by atoms with van der Waals surface area (Å²) in [7, 11) is 0. The predicted molar refractivity (Wildman–Crippen MR) is 62.6 cm³/mol. The topological polar surface area (TPSA) is 81.4 Å². The number of ketones is 1. The Morgan fingerprint density at radius 2 is 2.16 bits per heavy atom. The van der Waals surface area contributed by atoms with Crippen LogP contribution in [0.1, 0.15) is 19.3 Å². The molecule has 1 heterocycles. The third-order valence-corrected chi connectivity index (χ3v) is 2.73. The second-order valence-corrected chi connectivity index (χ2v) is 4.17. The highest BCUT2D eigenvalue weighted by molar-refractivity contribution is 5.86. The maximum Gasteiger partial charge on any atom is 0.522 e. The van der Waals surface area contributed by atoms with Gasteiger partial charge in [0.25, 0.3) is 0 Å². The van der Waals surface area contributed by atoms with Gasteiger partial charge in [0.15, 0.2) is 5.78 Å². The molecule has 0 aromatic heterocycles. The van der Waals surface area contributed by atoms with Crippen LogP contribution in [0.25, 0.3) is 0 Å². The molecule has 1 fully saturated rings. The molecule has 5 nitrogen and oxygen atoms in total. The first kappa shape index (κ1) is 18.1. The van der Waals surface area contributed by atoms with Crippen molar-refractivity contribution in [2.24, 2.45) is 11.7 Å². The minimum atomic E-state index is -4.85. The molecule has 1 aliphatic rings. The summed E-state index contributed by atoms with van der Waals surface area (Å²) in [5, 5.41) is 2.62. The summed E-state index contributed by atoms with van der Waals surface area (Å²) < 4.78 is 38.6. The Hall–Kier alpha value is -0.860. The molecule has 0 aromatic carbocycles. The number of piperidine rings is 1. The summed E-state index contributed by atoms with van der Waals surface area (Å²) in [6.07, 6.45) is -3.44. The first-order valence-corrected chi connectivity index (χ1v) is 5.56. The SMILES string of the molecule is Cl.NC(C[C@@H]1CCCNC1=O)C(=O)COC(F)(F)F. The molecule has 9 heteroatoms. The van der Waals surface area contributed by atoms with Crippen molar-refractivity contribution in [3.8, 4) is 0 Å². The number of Topliss-reactive ketones (excluding diaryl/α,β-unsaturated/α-hetero) is 1. The highest BCUT2D eigenvalue weighted by Crippen LogP contribution is 2.19. The van der Waals surface area contributed by atoms with Gasteiger partial charge in [-0.1, -0.05) is 0 Å². The van der Waals surface area contributed by atoms with E-state index in [1.807, 2.05) is 0 Å². The zero-order valence-electron chi connectivity index (χ0n) is 10.0. The summed E-state index contributed by atoms with van der Waals surface area (Å²) in [6.45, 7) is -0.533. The number of rotatable bonds is 5. The molecule has 2 atom stereocenters. The van der Waals surface area contributed by atoms with Crippen molar-refractivity contribution >= 4 is 24.1 Å². The van der Waals surface area contributed by atoms with E-state index >= 15 is 0 Å². The van der Waals surface area contributed by atoms with Crippen LogP contribution < -0.4 is 11.1 Å². The van der Waals surface area contributed by atoms with Gasteiger partial charge in [-0.2, -0.15) is 0 Å². The lowest BCUT2D eigenvalue weighted by Crippen LogP contribution is -2.43. The normalized spacial score (nSPS) is 21.3. The zero-order chi connectivity index (χ0) is 13.8.